The first-order valence-electron chi connectivity index (χ1n) is 10.3. The Balaban J connectivity index is 1.43. The molecule has 3 amide bonds. The van der Waals surface area contributed by atoms with E-state index < -0.39 is 6.17 Å². The summed E-state index contributed by atoms with van der Waals surface area (Å²) < 4.78 is 5.36. The summed E-state index contributed by atoms with van der Waals surface area (Å²) >= 11 is 0. The van der Waals surface area contributed by atoms with E-state index in [-0.39, 0.29) is 24.3 Å². The van der Waals surface area contributed by atoms with Gasteiger partial charge in [0.2, 0.25) is 5.91 Å². The van der Waals surface area contributed by atoms with Gasteiger partial charge in [0.05, 0.1) is 11.3 Å². The maximum Gasteiger partial charge on any atom is 0.260 e. The third kappa shape index (κ3) is 3.06. The summed E-state index contributed by atoms with van der Waals surface area (Å²) in [4.78, 5) is 42.3. The Hall–Kier alpha value is -3.19. The molecule has 2 aromatic rings. The minimum absolute atomic E-state index is 0.0980. The zero-order chi connectivity index (χ0) is 20.7. The minimum atomic E-state index is -0.607. The van der Waals surface area contributed by atoms with Crippen LogP contribution in [0.2, 0.25) is 0 Å². The number of para-hydroxylation sites is 1. The van der Waals surface area contributed by atoms with E-state index in [0.29, 0.717) is 29.3 Å². The highest BCUT2D eigenvalue weighted by molar-refractivity contribution is 6.17. The number of rotatable bonds is 4. The Kier molecular flexibility index (Phi) is 4.75. The van der Waals surface area contributed by atoms with Crippen LogP contribution in [0.1, 0.15) is 45.3 Å². The van der Waals surface area contributed by atoms with Crippen LogP contribution in [0.3, 0.4) is 0 Å². The normalized spacial score (nSPS) is 20.6. The van der Waals surface area contributed by atoms with E-state index in [2.05, 4.69) is 5.32 Å². The topological polar surface area (TPSA) is 79.0 Å². The van der Waals surface area contributed by atoms with Crippen LogP contribution in [0.4, 0.5) is 5.69 Å². The van der Waals surface area contributed by atoms with E-state index in [4.69, 9.17) is 4.74 Å². The van der Waals surface area contributed by atoms with Crippen LogP contribution < -0.4 is 10.2 Å². The summed E-state index contributed by atoms with van der Waals surface area (Å²) in [5.74, 6) is -0.211. The van der Waals surface area contributed by atoms with Crippen molar-refractivity contribution in [3.8, 4) is 0 Å². The lowest BCUT2D eigenvalue weighted by molar-refractivity contribution is -0.122. The molecule has 0 spiro atoms. The van der Waals surface area contributed by atoms with Crippen LogP contribution in [0.15, 0.2) is 48.5 Å². The fourth-order valence-electron chi connectivity index (χ4n) is 4.55. The molecule has 0 saturated carbocycles. The average molecular weight is 405 g/mol. The Morgan fingerprint density at radius 3 is 2.47 bits per heavy atom. The molecule has 3 aliphatic rings. The average Bonchev–Trinajstić information content (AvgIpc) is 3.09. The van der Waals surface area contributed by atoms with Crippen molar-refractivity contribution in [3.05, 3.63) is 65.2 Å². The van der Waals surface area contributed by atoms with Crippen LogP contribution in [0, 0.1) is 5.92 Å². The second-order valence-electron chi connectivity index (χ2n) is 7.95. The molecule has 2 aromatic carbocycles. The number of nitrogens with one attached hydrogen (secondary N) is 1. The Labute approximate surface area is 174 Å². The molecule has 1 fully saturated rings. The van der Waals surface area contributed by atoms with Gasteiger partial charge in [0.25, 0.3) is 11.8 Å². The third-order valence-corrected chi connectivity index (χ3v) is 6.13. The summed E-state index contributed by atoms with van der Waals surface area (Å²) in [5.41, 5.74) is 2.35. The van der Waals surface area contributed by atoms with E-state index in [9.17, 15) is 14.4 Å². The van der Waals surface area contributed by atoms with Gasteiger partial charge in [0.15, 0.2) is 0 Å². The van der Waals surface area contributed by atoms with Gasteiger partial charge in [-0.3, -0.25) is 19.3 Å². The highest BCUT2D eigenvalue weighted by Gasteiger charge is 2.48. The fraction of sp³-hybridized carbons (Fsp3) is 0.348. The number of hydrogen-bond donors (Lipinski definition) is 1. The minimum Gasteiger partial charge on any atom is -0.381 e. The van der Waals surface area contributed by atoms with Gasteiger partial charge < -0.3 is 15.0 Å². The first-order chi connectivity index (χ1) is 14.6. The molecule has 1 atom stereocenters. The highest BCUT2D eigenvalue weighted by Crippen LogP contribution is 2.44. The molecule has 5 rings (SSSR count). The lowest BCUT2D eigenvalue weighted by atomic mass is 10.0. The van der Waals surface area contributed by atoms with E-state index in [1.165, 1.54) is 4.90 Å². The molecule has 7 heteroatoms. The molecular weight excluding hydrogens is 382 g/mol. The summed E-state index contributed by atoms with van der Waals surface area (Å²) in [6.07, 6.45) is 1.24. The summed E-state index contributed by atoms with van der Waals surface area (Å²) in [5, 5.41) is 2.97. The summed E-state index contributed by atoms with van der Waals surface area (Å²) in [6, 6.07) is 14.4. The SMILES string of the molecule is O=C(CN1C(=O)c2ccccc2N2C(=O)c3ccccc3C12)NCC1CCOCC1. The van der Waals surface area contributed by atoms with Crippen molar-refractivity contribution in [1.29, 1.82) is 0 Å². The number of carbonyl (C=O) groups excluding carboxylic acids is 3. The highest BCUT2D eigenvalue weighted by atomic mass is 16.5. The molecule has 154 valence electrons. The van der Waals surface area contributed by atoms with Crippen molar-refractivity contribution in [3.63, 3.8) is 0 Å². The predicted molar refractivity (Wildman–Crippen MR) is 110 cm³/mol. The molecule has 1 saturated heterocycles. The second kappa shape index (κ2) is 7.57. The molecule has 0 aromatic heterocycles. The van der Waals surface area contributed by atoms with Crippen LogP contribution in [0.25, 0.3) is 0 Å². The number of nitrogens with zero attached hydrogens (tertiary/aromatic N) is 2. The largest absolute Gasteiger partial charge is 0.381 e. The smallest absolute Gasteiger partial charge is 0.260 e. The maximum atomic E-state index is 13.3. The van der Waals surface area contributed by atoms with Crippen LogP contribution in [-0.2, 0) is 9.53 Å². The molecule has 1 unspecified atom stereocenters. The zero-order valence-corrected chi connectivity index (χ0v) is 16.5. The van der Waals surface area contributed by atoms with Gasteiger partial charge in [-0.15, -0.1) is 0 Å². The number of benzene rings is 2. The Morgan fingerprint density at radius 1 is 0.967 bits per heavy atom. The van der Waals surface area contributed by atoms with Crippen LogP contribution >= 0.6 is 0 Å². The van der Waals surface area contributed by atoms with Gasteiger partial charge in [-0.25, -0.2) is 0 Å². The van der Waals surface area contributed by atoms with Gasteiger partial charge in [-0.2, -0.15) is 0 Å². The number of anilines is 1. The van der Waals surface area contributed by atoms with Crippen molar-refractivity contribution in [2.75, 3.05) is 31.2 Å². The quantitative estimate of drug-likeness (QED) is 0.847. The maximum absolute atomic E-state index is 13.3. The van der Waals surface area contributed by atoms with Crippen molar-refractivity contribution in [2.45, 2.75) is 19.0 Å². The van der Waals surface area contributed by atoms with Gasteiger partial charge in [0.1, 0.15) is 12.7 Å². The van der Waals surface area contributed by atoms with Crippen molar-refractivity contribution in [2.24, 2.45) is 5.92 Å². The summed E-state index contributed by atoms with van der Waals surface area (Å²) in [7, 11) is 0. The number of ether oxygens (including phenoxy) is 1. The molecule has 3 aliphatic heterocycles. The Morgan fingerprint density at radius 2 is 1.67 bits per heavy atom. The van der Waals surface area contributed by atoms with E-state index in [1.54, 1.807) is 29.2 Å². The molecule has 30 heavy (non-hydrogen) atoms. The number of amides is 3. The van der Waals surface area contributed by atoms with E-state index in [0.717, 1.165) is 31.6 Å². The number of fused-ring (bicyclic) bond motifs is 5. The molecular formula is C23H23N3O4. The predicted octanol–water partition coefficient (Wildman–Crippen LogP) is 2.34. The molecule has 1 N–H and O–H groups in total. The van der Waals surface area contributed by atoms with E-state index in [1.807, 2.05) is 24.3 Å². The van der Waals surface area contributed by atoms with E-state index >= 15 is 0 Å². The first-order valence-corrected chi connectivity index (χ1v) is 10.3. The monoisotopic (exact) mass is 405 g/mol. The molecule has 0 bridgehead atoms. The van der Waals surface area contributed by atoms with Gasteiger partial charge in [0, 0.05) is 30.9 Å². The van der Waals surface area contributed by atoms with Gasteiger partial charge >= 0.3 is 0 Å². The third-order valence-electron chi connectivity index (χ3n) is 6.13. The summed E-state index contributed by atoms with van der Waals surface area (Å²) in [6.45, 7) is 1.92. The number of hydrogen-bond acceptors (Lipinski definition) is 4. The molecule has 0 radical (unpaired) electrons. The second-order valence-corrected chi connectivity index (χ2v) is 7.95. The Bertz CT molecular complexity index is 1020. The van der Waals surface area contributed by atoms with Crippen molar-refractivity contribution < 1.29 is 19.1 Å². The van der Waals surface area contributed by atoms with Crippen molar-refractivity contribution in [1.82, 2.24) is 10.2 Å². The van der Waals surface area contributed by atoms with Gasteiger partial charge in [-0.05, 0) is 37.0 Å². The van der Waals surface area contributed by atoms with Crippen molar-refractivity contribution >= 4 is 23.4 Å². The molecule has 3 heterocycles. The first kappa shape index (κ1) is 18.8. The lowest BCUT2D eigenvalue weighted by Gasteiger charge is -2.40. The zero-order valence-electron chi connectivity index (χ0n) is 16.5. The molecule has 0 aliphatic carbocycles. The molecule has 7 nitrogen and oxygen atoms in total. The fourth-order valence-corrected chi connectivity index (χ4v) is 4.55. The van der Waals surface area contributed by atoms with Crippen LogP contribution in [-0.4, -0.2) is 48.9 Å². The van der Waals surface area contributed by atoms with Crippen LogP contribution in [0.5, 0.6) is 0 Å². The standard InChI is InChI=1S/C23H23N3O4/c27-20(24-13-15-9-11-30-12-10-15)14-25-21-16-5-1-2-6-17(16)23(29)26(21)19-8-4-3-7-18(19)22(25)28/h1-8,15,21H,9-14H2,(H,24,27). The lowest BCUT2D eigenvalue weighted by Crippen LogP contribution is -2.51. The van der Waals surface area contributed by atoms with Gasteiger partial charge in [-0.1, -0.05) is 30.3 Å². The number of carbonyl (C=O) groups is 3.